The molecule has 2 bridgehead atoms. The molecule has 5 rings (SSSR count). The summed E-state index contributed by atoms with van der Waals surface area (Å²) in [5.41, 5.74) is 1.96. The Hall–Kier alpha value is -1.92. The van der Waals surface area contributed by atoms with Crippen LogP contribution in [0.4, 0.5) is 5.82 Å². The molecule has 2 saturated heterocycles. The third kappa shape index (κ3) is 5.03. The van der Waals surface area contributed by atoms with Crippen LogP contribution in [0.2, 0.25) is 0 Å². The highest BCUT2D eigenvalue weighted by atomic mass is 16.1. The van der Waals surface area contributed by atoms with E-state index in [0.717, 1.165) is 49.4 Å². The van der Waals surface area contributed by atoms with Gasteiger partial charge in [-0.2, -0.15) is 0 Å². The summed E-state index contributed by atoms with van der Waals surface area (Å²) in [6.45, 7) is 4.72. The van der Waals surface area contributed by atoms with Crippen molar-refractivity contribution in [3.8, 4) is 0 Å². The third-order valence-electron chi connectivity index (χ3n) is 8.44. The van der Waals surface area contributed by atoms with Crippen molar-refractivity contribution in [3.05, 3.63) is 34.6 Å². The number of piperidine rings is 1. The van der Waals surface area contributed by atoms with Crippen molar-refractivity contribution in [1.82, 2.24) is 19.8 Å². The van der Waals surface area contributed by atoms with Gasteiger partial charge in [-0.1, -0.05) is 51.2 Å². The van der Waals surface area contributed by atoms with Crippen LogP contribution in [-0.4, -0.2) is 52.2 Å². The van der Waals surface area contributed by atoms with Crippen LogP contribution in [0.15, 0.2) is 29.1 Å². The lowest BCUT2D eigenvalue weighted by Crippen LogP contribution is -2.50. The Balaban J connectivity index is 1.38. The van der Waals surface area contributed by atoms with Crippen LogP contribution >= 0.6 is 0 Å². The summed E-state index contributed by atoms with van der Waals surface area (Å²) in [7, 11) is 0. The van der Waals surface area contributed by atoms with Crippen molar-refractivity contribution in [1.29, 1.82) is 0 Å². The molecule has 3 atom stereocenters. The first-order valence-corrected chi connectivity index (χ1v) is 14.0. The van der Waals surface area contributed by atoms with Gasteiger partial charge < -0.3 is 15.2 Å². The van der Waals surface area contributed by atoms with E-state index in [2.05, 4.69) is 33.1 Å². The molecule has 6 heteroatoms. The van der Waals surface area contributed by atoms with Gasteiger partial charge in [0.25, 0.3) is 5.56 Å². The lowest BCUT2D eigenvalue weighted by Gasteiger charge is -2.45. The molecule has 2 aromatic rings. The van der Waals surface area contributed by atoms with E-state index in [1.54, 1.807) is 0 Å². The molecule has 1 aromatic heterocycles. The summed E-state index contributed by atoms with van der Waals surface area (Å²) in [4.78, 5) is 21.3. The summed E-state index contributed by atoms with van der Waals surface area (Å²) < 4.78 is 2.10. The smallest absolute Gasteiger partial charge is 0.294 e. The molecule has 0 spiro atoms. The normalized spacial score (nSPS) is 26.4. The van der Waals surface area contributed by atoms with Gasteiger partial charge in [0.1, 0.15) is 0 Å². The summed E-state index contributed by atoms with van der Waals surface area (Å²) in [5.74, 6) is 0.506. The predicted octanol–water partition coefficient (Wildman–Crippen LogP) is 5.09. The molecule has 2 aliphatic heterocycles. The second-order valence-corrected chi connectivity index (χ2v) is 10.8. The first kappa shape index (κ1) is 23.8. The van der Waals surface area contributed by atoms with Gasteiger partial charge in [-0.25, -0.2) is 4.98 Å². The second kappa shape index (κ2) is 11.2. The zero-order valence-electron chi connectivity index (χ0n) is 21.0. The van der Waals surface area contributed by atoms with Crippen LogP contribution < -0.4 is 16.2 Å². The topological polar surface area (TPSA) is 62.2 Å². The van der Waals surface area contributed by atoms with Crippen molar-refractivity contribution in [2.24, 2.45) is 0 Å². The van der Waals surface area contributed by atoms with Gasteiger partial charge >= 0.3 is 0 Å². The lowest BCUT2D eigenvalue weighted by molar-refractivity contribution is 0.0498. The number of nitrogens with one attached hydrogen (secondary N) is 2. The molecule has 1 saturated carbocycles. The number of hydrogen-bond donors (Lipinski definition) is 2. The van der Waals surface area contributed by atoms with E-state index >= 15 is 0 Å². The molecule has 3 aliphatic rings. The van der Waals surface area contributed by atoms with Crippen molar-refractivity contribution in [3.63, 3.8) is 0 Å². The molecule has 3 fully saturated rings. The van der Waals surface area contributed by atoms with E-state index in [1.807, 2.05) is 18.2 Å². The monoisotopic (exact) mass is 465 g/mol. The number of nitrogens with zero attached hydrogens (tertiary/aromatic N) is 3. The second-order valence-electron chi connectivity index (χ2n) is 10.8. The Morgan fingerprint density at radius 3 is 2.29 bits per heavy atom. The molecule has 186 valence electrons. The predicted molar refractivity (Wildman–Crippen MR) is 141 cm³/mol. The van der Waals surface area contributed by atoms with Gasteiger partial charge in [-0.05, 0) is 63.6 Å². The third-order valence-corrected chi connectivity index (χ3v) is 8.44. The van der Waals surface area contributed by atoms with Crippen LogP contribution in [0.3, 0.4) is 0 Å². The van der Waals surface area contributed by atoms with Gasteiger partial charge in [0.2, 0.25) is 0 Å². The minimum absolute atomic E-state index is 0.0537. The molecular formula is C28H43N5O. The van der Waals surface area contributed by atoms with Crippen molar-refractivity contribution < 1.29 is 0 Å². The molecule has 2 unspecified atom stereocenters. The molecule has 3 heterocycles. The minimum Gasteiger partial charge on any atom is -0.364 e. The Labute approximate surface area is 204 Å². The number of anilines is 1. The van der Waals surface area contributed by atoms with E-state index in [1.165, 1.54) is 57.8 Å². The molecule has 2 N–H and O–H groups in total. The van der Waals surface area contributed by atoms with Crippen LogP contribution in [0.1, 0.15) is 90.0 Å². The Morgan fingerprint density at radius 2 is 1.56 bits per heavy atom. The fraction of sp³-hybridized carbons (Fsp3) is 0.714. The Kier molecular flexibility index (Phi) is 7.85. The maximum atomic E-state index is 13.7. The standard InChI is InChI=1S/C28H43N5O/c1-2-16-29-17-18-30-27-28(34)33(26-13-9-8-12-25(26)31-27)24-19-22-14-15-23(20-24)32(22)21-10-6-4-3-5-7-11-21/h8-9,12-13,21-24,29H,2-7,10-11,14-20H2,1H3,(H,30,31)/t22-,23?,24?/m0/s1. The Morgan fingerprint density at radius 1 is 0.853 bits per heavy atom. The highest BCUT2D eigenvalue weighted by Gasteiger charge is 2.44. The average Bonchev–Trinajstić information content (AvgIpc) is 3.08. The molecule has 0 radical (unpaired) electrons. The summed E-state index contributed by atoms with van der Waals surface area (Å²) >= 11 is 0. The zero-order valence-corrected chi connectivity index (χ0v) is 21.0. The van der Waals surface area contributed by atoms with Crippen molar-refractivity contribution >= 4 is 16.9 Å². The molecule has 1 aromatic carbocycles. The van der Waals surface area contributed by atoms with E-state index in [9.17, 15) is 4.79 Å². The van der Waals surface area contributed by atoms with E-state index in [0.29, 0.717) is 24.4 Å². The van der Waals surface area contributed by atoms with Crippen molar-refractivity contribution in [2.75, 3.05) is 25.0 Å². The Bertz CT molecular complexity index is 982. The highest BCUT2D eigenvalue weighted by Crippen LogP contribution is 2.44. The van der Waals surface area contributed by atoms with Gasteiger partial charge in [-0.3, -0.25) is 9.69 Å². The fourth-order valence-electron chi connectivity index (χ4n) is 6.93. The van der Waals surface area contributed by atoms with Crippen LogP contribution in [0.25, 0.3) is 11.0 Å². The molecular weight excluding hydrogens is 422 g/mol. The number of rotatable bonds is 8. The number of aromatic nitrogens is 2. The van der Waals surface area contributed by atoms with Crippen LogP contribution in [0, 0.1) is 0 Å². The average molecular weight is 466 g/mol. The number of fused-ring (bicyclic) bond motifs is 3. The van der Waals surface area contributed by atoms with E-state index < -0.39 is 0 Å². The van der Waals surface area contributed by atoms with Crippen molar-refractivity contribution in [2.45, 2.75) is 108 Å². The summed E-state index contributed by atoms with van der Waals surface area (Å²) in [5, 5.41) is 6.74. The van der Waals surface area contributed by atoms with Gasteiger partial charge in [0, 0.05) is 37.3 Å². The SMILES string of the molecule is CCCNCCNc1nc2ccccc2n(C2CC3CC[C@@H](C2)N3C2CCCCCCC2)c1=O. The molecule has 6 nitrogen and oxygen atoms in total. The molecule has 0 amide bonds. The van der Waals surface area contributed by atoms with E-state index in [-0.39, 0.29) is 11.6 Å². The number of para-hydroxylation sites is 2. The highest BCUT2D eigenvalue weighted by molar-refractivity contribution is 5.76. The number of benzene rings is 1. The maximum Gasteiger partial charge on any atom is 0.294 e. The number of hydrogen-bond acceptors (Lipinski definition) is 5. The van der Waals surface area contributed by atoms with Gasteiger partial charge in [0.05, 0.1) is 11.0 Å². The fourth-order valence-corrected chi connectivity index (χ4v) is 6.93. The van der Waals surface area contributed by atoms with E-state index in [4.69, 9.17) is 4.98 Å². The first-order valence-electron chi connectivity index (χ1n) is 14.0. The maximum absolute atomic E-state index is 13.7. The van der Waals surface area contributed by atoms with Crippen LogP contribution in [-0.2, 0) is 0 Å². The minimum atomic E-state index is 0.0537. The van der Waals surface area contributed by atoms with Gasteiger partial charge in [-0.15, -0.1) is 0 Å². The largest absolute Gasteiger partial charge is 0.364 e. The van der Waals surface area contributed by atoms with Gasteiger partial charge in [0.15, 0.2) is 5.82 Å². The summed E-state index contributed by atoms with van der Waals surface area (Å²) in [6, 6.07) is 10.5. The summed E-state index contributed by atoms with van der Waals surface area (Å²) in [6.07, 6.45) is 15.7. The van der Waals surface area contributed by atoms with Crippen LogP contribution in [0.5, 0.6) is 0 Å². The quantitative estimate of drug-likeness (QED) is 0.532. The zero-order chi connectivity index (χ0) is 23.3. The first-order chi connectivity index (χ1) is 16.8. The molecule has 34 heavy (non-hydrogen) atoms. The molecule has 1 aliphatic carbocycles. The lowest BCUT2D eigenvalue weighted by atomic mass is 9.89.